The number of carbonyl (C=O) groups is 1. The molecule has 1 amide bonds. The molecule has 7 rings (SSSR count). The normalized spacial score (nSPS) is 24.4. The van der Waals surface area contributed by atoms with E-state index < -0.39 is 26.6 Å². The molecule has 3 aliphatic rings. The molecule has 2 aliphatic heterocycles. The number of carbonyl (C=O) groups excluding carboxylic acids is 1. The Hall–Kier alpha value is -3.70. The first-order valence-electron chi connectivity index (χ1n) is 15.6. The van der Waals surface area contributed by atoms with Crippen molar-refractivity contribution in [2.75, 3.05) is 7.05 Å². The van der Waals surface area contributed by atoms with Crippen LogP contribution in [0.2, 0.25) is 18.1 Å². The van der Waals surface area contributed by atoms with Crippen molar-refractivity contribution < 1.29 is 22.7 Å². The van der Waals surface area contributed by atoms with Gasteiger partial charge in [-0.3, -0.25) is 4.79 Å². The van der Waals surface area contributed by atoms with Gasteiger partial charge in [0.2, 0.25) is 0 Å². The highest BCUT2D eigenvalue weighted by molar-refractivity contribution is 6.74. The maximum Gasteiger partial charge on any atom is 0.387 e. The van der Waals surface area contributed by atoms with Crippen LogP contribution in [0.1, 0.15) is 86.6 Å². The van der Waals surface area contributed by atoms with Gasteiger partial charge in [0.1, 0.15) is 17.2 Å². The third-order valence-corrected chi connectivity index (χ3v) is 14.9. The Kier molecular flexibility index (Phi) is 6.76. The van der Waals surface area contributed by atoms with E-state index in [1.165, 1.54) is 6.07 Å². The Labute approximate surface area is 262 Å². The average molecular weight is 632 g/mol. The maximum absolute atomic E-state index is 13.5. The number of halogens is 2. The van der Waals surface area contributed by atoms with Gasteiger partial charge in [0.15, 0.2) is 14.1 Å². The summed E-state index contributed by atoms with van der Waals surface area (Å²) in [6.07, 6.45) is 6.07. The van der Waals surface area contributed by atoms with E-state index >= 15 is 0 Å². The molecule has 0 unspecified atom stereocenters. The molecule has 236 valence electrons. The third-order valence-electron chi connectivity index (χ3n) is 10.4. The molecule has 2 aromatic carbocycles. The molecule has 1 aliphatic carbocycles. The van der Waals surface area contributed by atoms with Gasteiger partial charge >= 0.3 is 6.61 Å². The Morgan fingerprint density at radius 2 is 1.76 bits per heavy atom. The predicted molar refractivity (Wildman–Crippen MR) is 170 cm³/mol. The van der Waals surface area contributed by atoms with Crippen LogP contribution in [0.4, 0.5) is 8.78 Å². The first-order valence-corrected chi connectivity index (χ1v) is 18.5. The molecule has 11 heteroatoms. The molecule has 2 aromatic heterocycles. The van der Waals surface area contributed by atoms with Crippen molar-refractivity contribution in [3.05, 3.63) is 71.6 Å². The average Bonchev–Trinajstić information content (AvgIpc) is 3.48. The van der Waals surface area contributed by atoms with Crippen LogP contribution in [0.3, 0.4) is 0 Å². The topological polar surface area (TPSA) is 82.4 Å². The van der Waals surface area contributed by atoms with Gasteiger partial charge in [0.25, 0.3) is 5.91 Å². The van der Waals surface area contributed by atoms with Crippen LogP contribution in [-0.4, -0.2) is 52.3 Å². The van der Waals surface area contributed by atoms with Gasteiger partial charge < -0.3 is 18.6 Å². The van der Waals surface area contributed by atoms with Crippen LogP contribution in [0, 0.1) is 5.92 Å². The second-order valence-electron chi connectivity index (χ2n) is 14.5. The molecule has 1 saturated carbocycles. The molecule has 4 aromatic rings. The van der Waals surface area contributed by atoms with Crippen LogP contribution >= 0.6 is 0 Å². The summed E-state index contributed by atoms with van der Waals surface area (Å²) in [6, 6.07) is 10.1. The highest BCUT2D eigenvalue weighted by atomic mass is 28.4. The van der Waals surface area contributed by atoms with E-state index in [1.807, 2.05) is 30.6 Å². The zero-order valence-electron chi connectivity index (χ0n) is 26.8. The lowest BCUT2D eigenvalue weighted by atomic mass is 9.71. The summed E-state index contributed by atoms with van der Waals surface area (Å²) in [5.74, 6) is 1.81. The molecular weight excluding hydrogens is 592 g/mol. The summed E-state index contributed by atoms with van der Waals surface area (Å²) >= 11 is 0. The second-order valence-corrected chi connectivity index (χ2v) is 19.2. The summed E-state index contributed by atoms with van der Waals surface area (Å²) < 4.78 is 40.9. The summed E-state index contributed by atoms with van der Waals surface area (Å²) in [5.41, 5.74) is 3.78. The SMILES string of the molecule is CN1C(=O)c2cccc(OC(F)F)c2[C@H]2C[C@@H]1c1nc3ccc(-c4cnc([C@]5(O[Si](C)(C)C(C)(C)C)C[C@H](C)C5)nc4)cc3n12. The maximum atomic E-state index is 13.5. The minimum absolute atomic E-state index is 0.0175. The van der Waals surface area contributed by atoms with Crippen molar-refractivity contribution in [3.8, 4) is 16.9 Å². The van der Waals surface area contributed by atoms with E-state index in [0.717, 1.165) is 46.7 Å². The first-order chi connectivity index (χ1) is 21.2. The fourth-order valence-electron chi connectivity index (χ4n) is 7.19. The van der Waals surface area contributed by atoms with Crippen molar-refractivity contribution in [3.63, 3.8) is 0 Å². The molecule has 4 heterocycles. The Bertz CT molecular complexity index is 1810. The molecule has 1 fully saturated rings. The number of amides is 1. The smallest absolute Gasteiger partial charge is 0.387 e. The highest BCUT2D eigenvalue weighted by Gasteiger charge is 2.53. The van der Waals surface area contributed by atoms with Gasteiger partial charge in [0.05, 0.1) is 23.1 Å². The van der Waals surface area contributed by atoms with Gasteiger partial charge in [0, 0.05) is 42.6 Å². The lowest BCUT2D eigenvalue weighted by Crippen LogP contribution is -2.54. The highest BCUT2D eigenvalue weighted by Crippen LogP contribution is 2.53. The monoisotopic (exact) mass is 631 g/mol. The van der Waals surface area contributed by atoms with Gasteiger partial charge in [-0.2, -0.15) is 8.78 Å². The summed E-state index contributed by atoms with van der Waals surface area (Å²) in [5, 5.41) is 0.0754. The zero-order valence-corrected chi connectivity index (χ0v) is 27.8. The number of hydrogen-bond acceptors (Lipinski definition) is 6. The van der Waals surface area contributed by atoms with E-state index in [9.17, 15) is 13.6 Å². The summed E-state index contributed by atoms with van der Waals surface area (Å²) in [7, 11) is -0.320. The lowest BCUT2D eigenvalue weighted by molar-refractivity contribution is -0.0680. The summed E-state index contributed by atoms with van der Waals surface area (Å²) in [4.78, 5) is 29.8. The van der Waals surface area contributed by atoms with Crippen LogP contribution in [0.25, 0.3) is 22.2 Å². The Morgan fingerprint density at radius 3 is 2.40 bits per heavy atom. The van der Waals surface area contributed by atoms with E-state index in [4.69, 9.17) is 24.1 Å². The molecule has 0 radical (unpaired) electrons. The van der Waals surface area contributed by atoms with Crippen molar-refractivity contribution in [2.24, 2.45) is 5.92 Å². The van der Waals surface area contributed by atoms with Gasteiger partial charge in [-0.1, -0.05) is 39.8 Å². The summed E-state index contributed by atoms with van der Waals surface area (Å²) in [6.45, 7) is 10.5. The number of hydrogen-bond donors (Lipinski definition) is 0. The van der Waals surface area contributed by atoms with Crippen LogP contribution in [0.15, 0.2) is 48.8 Å². The van der Waals surface area contributed by atoms with E-state index in [1.54, 1.807) is 24.1 Å². The molecule has 2 bridgehead atoms. The van der Waals surface area contributed by atoms with Gasteiger partial charge in [-0.25, -0.2) is 15.0 Å². The standard InChI is InChI=1S/C34H39F2N5O3Si/c1-19-15-34(16-19,44-45(6,7)33(2,3)4)31-37-17-21(18-38-31)20-11-12-23-24(13-20)41-25-14-26(29(41)39-23)40(5)30(42)22-9-8-10-27(28(22)25)43-32(35)36/h8-13,17-19,25-26,32H,14-16H2,1-7H3/t19-,25-,26-,34-/m1/s1. The number of nitrogens with zero attached hydrogens (tertiary/aromatic N) is 5. The molecule has 45 heavy (non-hydrogen) atoms. The minimum atomic E-state index is -3.01. The van der Waals surface area contributed by atoms with Gasteiger partial charge in [-0.05, 0) is 66.7 Å². The Balaban J connectivity index is 1.28. The number of benzene rings is 2. The lowest BCUT2D eigenvalue weighted by Gasteiger charge is -2.51. The van der Waals surface area contributed by atoms with Crippen molar-refractivity contribution in [1.29, 1.82) is 0 Å². The number of ether oxygens (including phenoxy) is 1. The van der Waals surface area contributed by atoms with Crippen molar-refractivity contribution in [1.82, 2.24) is 24.4 Å². The number of aromatic nitrogens is 4. The van der Waals surface area contributed by atoms with E-state index in [2.05, 4.69) is 45.4 Å². The largest absolute Gasteiger partial charge is 0.434 e. The third kappa shape index (κ3) is 4.69. The number of fused-ring (bicyclic) bond motifs is 9. The first kappa shape index (κ1) is 30.0. The molecule has 0 saturated heterocycles. The molecule has 2 atom stereocenters. The number of alkyl halides is 2. The fraction of sp³-hybridized carbons (Fsp3) is 0.471. The van der Waals surface area contributed by atoms with Crippen LogP contribution in [0.5, 0.6) is 5.75 Å². The minimum Gasteiger partial charge on any atom is -0.434 e. The quantitative estimate of drug-likeness (QED) is 0.202. The van der Waals surface area contributed by atoms with E-state index in [0.29, 0.717) is 23.5 Å². The van der Waals surface area contributed by atoms with Crippen LogP contribution < -0.4 is 4.74 Å². The molecule has 8 nitrogen and oxygen atoms in total. The van der Waals surface area contributed by atoms with E-state index in [-0.39, 0.29) is 22.7 Å². The molecular formula is C34H39F2N5O3Si. The Morgan fingerprint density at radius 1 is 1.04 bits per heavy atom. The fourth-order valence-corrected chi connectivity index (χ4v) is 8.73. The van der Waals surface area contributed by atoms with Crippen molar-refractivity contribution in [2.45, 2.75) is 89.4 Å². The predicted octanol–water partition coefficient (Wildman–Crippen LogP) is 7.86. The molecule has 0 N–H and O–H groups in total. The second kappa shape index (κ2) is 10.2. The number of rotatable bonds is 6. The number of imidazole rings is 1. The zero-order chi connectivity index (χ0) is 32.1. The van der Waals surface area contributed by atoms with Gasteiger partial charge in [-0.15, -0.1) is 0 Å². The van der Waals surface area contributed by atoms with Crippen LogP contribution in [-0.2, 0) is 10.0 Å². The van der Waals surface area contributed by atoms with Crippen molar-refractivity contribution >= 4 is 25.3 Å². The molecule has 0 spiro atoms.